The van der Waals surface area contributed by atoms with E-state index in [4.69, 9.17) is 17.3 Å². The third-order valence-corrected chi connectivity index (χ3v) is 3.24. The molecule has 2 rings (SSSR count). The second-order valence-corrected chi connectivity index (χ2v) is 4.30. The molecule has 3 N–H and O–H groups in total. The first-order valence-corrected chi connectivity index (χ1v) is 5.36. The van der Waals surface area contributed by atoms with Gasteiger partial charge in [0.2, 0.25) is 11.8 Å². The number of hydrogen-bond acceptors (Lipinski definition) is 3. The smallest absolute Gasteiger partial charge is 0.242 e. The molecular formula is C11H11ClN2O3. The van der Waals surface area contributed by atoms with E-state index in [-0.39, 0.29) is 0 Å². The molecule has 2 unspecified atom stereocenters. The Morgan fingerprint density at radius 3 is 2.76 bits per heavy atom. The Hall–Kier alpha value is -1.59. The van der Waals surface area contributed by atoms with Crippen LogP contribution in [0.5, 0.6) is 0 Å². The first kappa shape index (κ1) is 11.9. The van der Waals surface area contributed by atoms with E-state index in [9.17, 15) is 14.7 Å². The summed E-state index contributed by atoms with van der Waals surface area (Å²) in [6.45, 7) is 0. The number of carbonyl (C=O) groups is 2. The number of fused-ring (bicyclic) bond motifs is 1. The van der Waals surface area contributed by atoms with E-state index in [1.807, 2.05) is 0 Å². The Morgan fingerprint density at radius 1 is 1.53 bits per heavy atom. The molecule has 0 saturated carbocycles. The summed E-state index contributed by atoms with van der Waals surface area (Å²) in [7, 11) is 1.51. The number of aliphatic hydroxyl groups excluding tert-OH is 1. The van der Waals surface area contributed by atoms with Gasteiger partial charge in [-0.15, -0.1) is 0 Å². The molecule has 1 heterocycles. The summed E-state index contributed by atoms with van der Waals surface area (Å²) in [6, 6.07) is 4.91. The molecule has 6 heteroatoms. The van der Waals surface area contributed by atoms with Crippen molar-refractivity contribution in [2.24, 2.45) is 11.7 Å². The number of rotatable bonds is 1. The molecule has 1 aliphatic heterocycles. The summed E-state index contributed by atoms with van der Waals surface area (Å²) >= 11 is 5.97. The number of benzene rings is 1. The lowest BCUT2D eigenvalue weighted by Crippen LogP contribution is -2.47. The van der Waals surface area contributed by atoms with E-state index in [1.54, 1.807) is 18.2 Å². The highest BCUT2D eigenvalue weighted by Gasteiger charge is 2.42. The Labute approximate surface area is 103 Å². The predicted molar refractivity (Wildman–Crippen MR) is 62.5 cm³/mol. The Morgan fingerprint density at radius 2 is 2.18 bits per heavy atom. The van der Waals surface area contributed by atoms with Gasteiger partial charge in [0.1, 0.15) is 12.0 Å². The molecule has 0 saturated heterocycles. The molecule has 0 spiro atoms. The van der Waals surface area contributed by atoms with E-state index >= 15 is 0 Å². The van der Waals surface area contributed by atoms with Crippen molar-refractivity contribution in [2.45, 2.75) is 6.10 Å². The number of primary amides is 1. The minimum atomic E-state index is -1.29. The summed E-state index contributed by atoms with van der Waals surface area (Å²) in [6.07, 6.45) is -1.29. The van der Waals surface area contributed by atoms with E-state index in [2.05, 4.69) is 0 Å². The molecule has 0 bridgehead atoms. The van der Waals surface area contributed by atoms with Crippen molar-refractivity contribution in [3.63, 3.8) is 0 Å². The SMILES string of the molecule is CN1C(=O)C(C(N)=O)C(O)c2c(Cl)cccc21. The topological polar surface area (TPSA) is 83.6 Å². The van der Waals surface area contributed by atoms with Crippen LogP contribution in [0.3, 0.4) is 0 Å². The Kier molecular flexibility index (Phi) is 2.81. The van der Waals surface area contributed by atoms with Gasteiger partial charge in [0.15, 0.2) is 0 Å². The van der Waals surface area contributed by atoms with E-state index in [0.717, 1.165) is 0 Å². The van der Waals surface area contributed by atoms with Crippen molar-refractivity contribution in [1.82, 2.24) is 0 Å². The monoisotopic (exact) mass is 254 g/mol. The first-order chi connectivity index (χ1) is 7.95. The van der Waals surface area contributed by atoms with Crippen LogP contribution in [-0.4, -0.2) is 24.0 Å². The number of anilines is 1. The lowest BCUT2D eigenvalue weighted by atomic mass is 9.88. The molecule has 1 aromatic carbocycles. The third kappa shape index (κ3) is 1.67. The normalized spacial score (nSPS) is 23.5. The van der Waals surface area contributed by atoms with Crippen molar-refractivity contribution >= 4 is 29.1 Å². The fourth-order valence-corrected chi connectivity index (χ4v) is 2.30. The lowest BCUT2D eigenvalue weighted by Gasteiger charge is -2.34. The number of nitrogens with zero attached hydrogens (tertiary/aromatic N) is 1. The maximum absolute atomic E-state index is 11.9. The van der Waals surface area contributed by atoms with Gasteiger partial charge in [0.25, 0.3) is 0 Å². The molecule has 17 heavy (non-hydrogen) atoms. The van der Waals surface area contributed by atoms with Crippen molar-refractivity contribution < 1.29 is 14.7 Å². The summed E-state index contributed by atoms with van der Waals surface area (Å²) in [5, 5.41) is 10.3. The average Bonchev–Trinajstić information content (AvgIpc) is 2.25. The molecule has 1 aliphatic rings. The summed E-state index contributed by atoms with van der Waals surface area (Å²) in [5.74, 6) is -2.67. The Balaban J connectivity index is 2.63. The molecule has 0 fully saturated rings. The quantitative estimate of drug-likeness (QED) is 0.714. The fraction of sp³-hybridized carbons (Fsp3) is 0.273. The number of carbonyl (C=O) groups excluding carboxylic acids is 2. The van der Waals surface area contributed by atoms with Crippen LogP contribution >= 0.6 is 11.6 Å². The molecule has 0 aromatic heterocycles. The minimum Gasteiger partial charge on any atom is -0.387 e. The van der Waals surface area contributed by atoms with E-state index < -0.39 is 23.8 Å². The number of nitrogens with two attached hydrogens (primary N) is 1. The highest BCUT2D eigenvalue weighted by atomic mass is 35.5. The van der Waals surface area contributed by atoms with Gasteiger partial charge in [-0.2, -0.15) is 0 Å². The summed E-state index contributed by atoms with van der Waals surface area (Å²) in [4.78, 5) is 24.4. The highest BCUT2D eigenvalue weighted by molar-refractivity contribution is 6.32. The molecule has 5 nitrogen and oxygen atoms in total. The van der Waals surface area contributed by atoms with E-state index in [0.29, 0.717) is 16.3 Å². The van der Waals surface area contributed by atoms with Crippen molar-refractivity contribution in [3.05, 3.63) is 28.8 Å². The number of aliphatic hydroxyl groups is 1. The highest BCUT2D eigenvalue weighted by Crippen LogP contribution is 2.40. The largest absolute Gasteiger partial charge is 0.387 e. The lowest BCUT2D eigenvalue weighted by molar-refractivity contribution is -0.137. The van der Waals surface area contributed by atoms with Gasteiger partial charge in [0.05, 0.1) is 5.69 Å². The molecule has 2 atom stereocenters. The number of amides is 2. The zero-order chi connectivity index (χ0) is 12.7. The van der Waals surface area contributed by atoms with Crippen molar-refractivity contribution in [2.75, 3.05) is 11.9 Å². The molecule has 0 aliphatic carbocycles. The Bertz CT molecular complexity index is 503. The minimum absolute atomic E-state index is 0.306. The maximum Gasteiger partial charge on any atom is 0.242 e. The fourth-order valence-electron chi connectivity index (χ4n) is 2.02. The second kappa shape index (κ2) is 4.01. The molecule has 2 amide bonds. The number of hydrogen-bond donors (Lipinski definition) is 2. The van der Waals surface area contributed by atoms with Crippen LogP contribution in [0.25, 0.3) is 0 Å². The van der Waals surface area contributed by atoms with Gasteiger partial charge in [0, 0.05) is 17.6 Å². The zero-order valence-electron chi connectivity index (χ0n) is 9.05. The van der Waals surface area contributed by atoms with Crippen LogP contribution in [0, 0.1) is 5.92 Å². The van der Waals surface area contributed by atoms with Crippen LogP contribution in [0.2, 0.25) is 5.02 Å². The van der Waals surface area contributed by atoms with Crippen LogP contribution < -0.4 is 10.6 Å². The molecule has 0 radical (unpaired) electrons. The molecular weight excluding hydrogens is 244 g/mol. The summed E-state index contributed by atoms with van der Waals surface area (Å²) < 4.78 is 0. The van der Waals surface area contributed by atoms with Gasteiger partial charge in [-0.25, -0.2) is 0 Å². The summed E-state index contributed by atoms with van der Waals surface area (Å²) in [5.41, 5.74) is 5.98. The van der Waals surface area contributed by atoms with Crippen LogP contribution in [0.4, 0.5) is 5.69 Å². The maximum atomic E-state index is 11.9. The van der Waals surface area contributed by atoms with Crippen molar-refractivity contribution in [3.8, 4) is 0 Å². The van der Waals surface area contributed by atoms with Gasteiger partial charge >= 0.3 is 0 Å². The molecule has 90 valence electrons. The van der Waals surface area contributed by atoms with Crippen LogP contribution in [0.15, 0.2) is 18.2 Å². The first-order valence-electron chi connectivity index (χ1n) is 4.98. The van der Waals surface area contributed by atoms with Gasteiger partial charge in [-0.05, 0) is 12.1 Å². The van der Waals surface area contributed by atoms with Crippen LogP contribution in [0.1, 0.15) is 11.7 Å². The second-order valence-electron chi connectivity index (χ2n) is 3.89. The average molecular weight is 255 g/mol. The van der Waals surface area contributed by atoms with Gasteiger partial charge in [-0.1, -0.05) is 17.7 Å². The van der Waals surface area contributed by atoms with E-state index in [1.165, 1.54) is 11.9 Å². The predicted octanol–water partition coefficient (Wildman–Crippen LogP) is 0.451. The van der Waals surface area contributed by atoms with Gasteiger partial charge < -0.3 is 15.7 Å². The molecule has 1 aromatic rings. The zero-order valence-corrected chi connectivity index (χ0v) is 9.81. The third-order valence-electron chi connectivity index (χ3n) is 2.91. The van der Waals surface area contributed by atoms with Gasteiger partial charge in [-0.3, -0.25) is 9.59 Å². The standard InChI is InChI=1S/C11H11ClN2O3/c1-14-6-4-2-3-5(12)7(6)9(15)8(10(13)16)11(14)17/h2-4,8-9,15H,1H3,(H2,13,16). The van der Waals surface area contributed by atoms with Crippen LogP contribution in [-0.2, 0) is 9.59 Å². The van der Waals surface area contributed by atoms with Crippen molar-refractivity contribution in [1.29, 1.82) is 0 Å². The number of halogens is 1.